The summed E-state index contributed by atoms with van der Waals surface area (Å²) in [6, 6.07) is 14.7. The lowest BCUT2D eigenvalue weighted by atomic mass is 10.1. The molecule has 0 saturated heterocycles. The Hall–Kier alpha value is -2.79. The quantitative estimate of drug-likeness (QED) is 0.615. The van der Waals surface area contributed by atoms with Crippen LogP contribution in [-0.4, -0.2) is 35.2 Å². The van der Waals surface area contributed by atoms with Crippen LogP contribution in [0.3, 0.4) is 0 Å². The van der Waals surface area contributed by atoms with Crippen LogP contribution in [-0.2, 0) is 0 Å². The van der Waals surface area contributed by atoms with Crippen molar-refractivity contribution in [2.75, 3.05) is 13.2 Å². The van der Waals surface area contributed by atoms with E-state index in [2.05, 4.69) is 4.98 Å². The molecule has 1 unspecified atom stereocenters. The summed E-state index contributed by atoms with van der Waals surface area (Å²) in [6.45, 7) is 1.97. The van der Waals surface area contributed by atoms with Gasteiger partial charge in [0.25, 0.3) is 0 Å². The monoisotopic (exact) mass is 339 g/mol. The van der Waals surface area contributed by atoms with Gasteiger partial charge in [0, 0.05) is 23.5 Å². The zero-order valence-corrected chi connectivity index (χ0v) is 14.1. The molecule has 1 aromatic heterocycles. The van der Waals surface area contributed by atoms with E-state index in [0.717, 1.165) is 10.9 Å². The number of carbonyl (C=O) groups is 1. The second-order valence-corrected chi connectivity index (χ2v) is 5.74. The first-order chi connectivity index (χ1) is 12.2. The highest BCUT2D eigenvalue weighted by Crippen LogP contribution is 2.24. The molecule has 3 rings (SSSR count). The van der Waals surface area contributed by atoms with Crippen LogP contribution < -0.4 is 9.47 Å². The van der Waals surface area contributed by atoms with Crippen molar-refractivity contribution in [1.29, 1.82) is 0 Å². The number of aromatic nitrogens is 1. The largest absolute Gasteiger partial charge is 0.490 e. The molecular weight excluding hydrogens is 318 g/mol. The third kappa shape index (κ3) is 4.00. The number of para-hydroxylation sites is 1. The van der Waals surface area contributed by atoms with Gasteiger partial charge in [0.15, 0.2) is 5.78 Å². The Morgan fingerprint density at radius 1 is 1.04 bits per heavy atom. The maximum Gasteiger partial charge on any atom is 0.166 e. The number of H-pyrrole nitrogens is 1. The van der Waals surface area contributed by atoms with E-state index < -0.39 is 6.10 Å². The number of ketones is 1. The topological polar surface area (TPSA) is 71.6 Å². The van der Waals surface area contributed by atoms with Crippen molar-refractivity contribution in [3.8, 4) is 11.5 Å². The summed E-state index contributed by atoms with van der Waals surface area (Å²) in [6.07, 6.45) is 1.45. The first-order valence-corrected chi connectivity index (χ1v) is 8.31. The summed E-state index contributed by atoms with van der Waals surface area (Å²) < 4.78 is 11.3. The molecule has 2 aromatic carbocycles. The van der Waals surface area contributed by atoms with Gasteiger partial charge in [-0.1, -0.05) is 25.1 Å². The molecule has 130 valence electrons. The van der Waals surface area contributed by atoms with Crippen molar-refractivity contribution < 1.29 is 19.4 Å². The van der Waals surface area contributed by atoms with Gasteiger partial charge in [-0.2, -0.15) is 0 Å². The number of rotatable bonds is 8. The number of benzene rings is 2. The number of aliphatic hydroxyl groups excluding tert-OH is 1. The summed E-state index contributed by atoms with van der Waals surface area (Å²) in [5.74, 6) is 1.21. The van der Waals surface area contributed by atoms with Gasteiger partial charge in [-0.05, 0) is 30.3 Å². The molecule has 2 N–H and O–H groups in total. The van der Waals surface area contributed by atoms with Crippen molar-refractivity contribution in [1.82, 2.24) is 4.98 Å². The number of aliphatic hydroxyl groups is 1. The van der Waals surface area contributed by atoms with Crippen LogP contribution in [0.25, 0.3) is 10.9 Å². The molecule has 1 heterocycles. The normalized spacial score (nSPS) is 12.1. The van der Waals surface area contributed by atoms with E-state index in [1.54, 1.807) is 24.3 Å². The van der Waals surface area contributed by atoms with Gasteiger partial charge in [-0.25, -0.2) is 0 Å². The van der Waals surface area contributed by atoms with E-state index in [1.165, 1.54) is 0 Å². The third-order valence-corrected chi connectivity index (χ3v) is 3.93. The lowest BCUT2D eigenvalue weighted by Gasteiger charge is -2.15. The molecule has 5 heteroatoms. The molecule has 0 aliphatic rings. The molecule has 25 heavy (non-hydrogen) atoms. The maximum absolute atomic E-state index is 11.9. The second kappa shape index (κ2) is 7.85. The van der Waals surface area contributed by atoms with Crippen molar-refractivity contribution in [2.24, 2.45) is 0 Å². The van der Waals surface area contributed by atoms with Crippen molar-refractivity contribution in [3.05, 3.63) is 60.3 Å². The predicted octanol–water partition coefficient (Wildman–Crippen LogP) is 3.58. The minimum Gasteiger partial charge on any atom is -0.490 e. The molecule has 0 fully saturated rings. The molecule has 1 atom stereocenters. The molecular formula is C20H21NO4. The second-order valence-electron chi connectivity index (χ2n) is 5.74. The van der Waals surface area contributed by atoms with Crippen LogP contribution in [0.1, 0.15) is 23.7 Å². The fourth-order valence-corrected chi connectivity index (χ4v) is 2.62. The van der Waals surface area contributed by atoms with Crippen LogP contribution in [0.5, 0.6) is 11.5 Å². The first kappa shape index (κ1) is 17.0. The van der Waals surface area contributed by atoms with E-state index in [9.17, 15) is 9.90 Å². The highest BCUT2D eigenvalue weighted by Gasteiger charge is 2.13. The minimum atomic E-state index is -0.806. The van der Waals surface area contributed by atoms with Gasteiger partial charge in [0.05, 0.1) is 5.56 Å². The zero-order chi connectivity index (χ0) is 17.6. The van der Waals surface area contributed by atoms with Crippen molar-refractivity contribution in [3.63, 3.8) is 0 Å². The molecule has 0 saturated carbocycles. The molecule has 0 spiro atoms. The molecule has 0 radical (unpaired) electrons. The SMILES string of the molecule is CCC(=O)c1ccccc1OCC(O)COc1cccc2[nH]ccc12. The molecule has 0 aliphatic heterocycles. The molecule has 0 aliphatic carbocycles. The molecule has 0 amide bonds. The van der Waals surface area contributed by atoms with E-state index >= 15 is 0 Å². The Labute approximate surface area is 146 Å². The van der Waals surface area contributed by atoms with Gasteiger partial charge < -0.3 is 19.6 Å². The summed E-state index contributed by atoms with van der Waals surface area (Å²) in [5.41, 5.74) is 1.52. The lowest BCUT2D eigenvalue weighted by molar-refractivity contribution is 0.0625. The smallest absolute Gasteiger partial charge is 0.166 e. The van der Waals surface area contributed by atoms with E-state index in [-0.39, 0.29) is 19.0 Å². The number of carbonyl (C=O) groups excluding carboxylic acids is 1. The fourth-order valence-electron chi connectivity index (χ4n) is 2.62. The standard InChI is InChI=1S/C20H21NO4/c1-2-18(23)16-6-3-4-8-20(16)25-13-14(22)12-24-19-9-5-7-17-15(19)10-11-21-17/h3-11,14,21-22H,2,12-13H2,1H3. The van der Waals surface area contributed by atoms with Crippen LogP contribution in [0.15, 0.2) is 54.7 Å². The average molecular weight is 339 g/mol. The lowest BCUT2D eigenvalue weighted by Crippen LogP contribution is -2.25. The van der Waals surface area contributed by atoms with Gasteiger partial charge in [-0.3, -0.25) is 4.79 Å². The van der Waals surface area contributed by atoms with E-state index in [4.69, 9.17) is 9.47 Å². The summed E-state index contributed by atoms with van der Waals surface area (Å²) in [4.78, 5) is 15.0. The van der Waals surface area contributed by atoms with Gasteiger partial charge in [0.2, 0.25) is 0 Å². The van der Waals surface area contributed by atoms with E-state index in [1.807, 2.05) is 37.4 Å². The highest BCUT2D eigenvalue weighted by molar-refractivity contribution is 5.98. The number of ether oxygens (including phenoxy) is 2. The van der Waals surface area contributed by atoms with Crippen LogP contribution >= 0.6 is 0 Å². The minimum absolute atomic E-state index is 0.0143. The van der Waals surface area contributed by atoms with Crippen LogP contribution in [0.4, 0.5) is 0 Å². The number of Topliss-reactive ketones (excluding diaryl/α,β-unsaturated/α-hetero) is 1. The molecule has 3 aromatic rings. The number of nitrogens with one attached hydrogen (secondary N) is 1. The number of fused-ring (bicyclic) bond motifs is 1. The fraction of sp³-hybridized carbons (Fsp3) is 0.250. The summed E-state index contributed by atoms with van der Waals surface area (Å²) >= 11 is 0. The van der Waals surface area contributed by atoms with Crippen molar-refractivity contribution >= 4 is 16.7 Å². The maximum atomic E-state index is 11.9. The van der Waals surface area contributed by atoms with Crippen LogP contribution in [0, 0.1) is 0 Å². The highest BCUT2D eigenvalue weighted by atomic mass is 16.5. The Morgan fingerprint density at radius 2 is 1.76 bits per heavy atom. The first-order valence-electron chi connectivity index (χ1n) is 8.31. The van der Waals surface area contributed by atoms with Gasteiger partial charge in [0.1, 0.15) is 30.8 Å². The van der Waals surface area contributed by atoms with Crippen LogP contribution in [0.2, 0.25) is 0 Å². The van der Waals surface area contributed by atoms with Gasteiger partial charge >= 0.3 is 0 Å². The summed E-state index contributed by atoms with van der Waals surface area (Å²) in [7, 11) is 0. The Bertz CT molecular complexity index is 856. The third-order valence-electron chi connectivity index (χ3n) is 3.93. The molecule has 0 bridgehead atoms. The average Bonchev–Trinajstić information content (AvgIpc) is 3.13. The van der Waals surface area contributed by atoms with Gasteiger partial charge in [-0.15, -0.1) is 0 Å². The number of hydrogen-bond acceptors (Lipinski definition) is 4. The van der Waals surface area contributed by atoms with E-state index in [0.29, 0.717) is 23.5 Å². The summed E-state index contributed by atoms with van der Waals surface area (Å²) in [5, 5.41) is 11.1. The predicted molar refractivity (Wildman–Crippen MR) is 96.4 cm³/mol. The molecule has 5 nitrogen and oxygen atoms in total. The van der Waals surface area contributed by atoms with Crippen molar-refractivity contribution in [2.45, 2.75) is 19.4 Å². The zero-order valence-electron chi connectivity index (χ0n) is 14.1. The number of aromatic amines is 1. The Morgan fingerprint density at radius 3 is 2.56 bits per heavy atom. The number of hydrogen-bond donors (Lipinski definition) is 2. The Balaban J connectivity index is 1.58. The Kier molecular flexibility index (Phi) is 5.36.